The lowest BCUT2D eigenvalue weighted by atomic mass is 10.0. The summed E-state index contributed by atoms with van der Waals surface area (Å²) in [4.78, 5) is 0. The van der Waals surface area contributed by atoms with Crippen molar-refractivity contribution in [3.63, 3.8) is 0 Å². The number of hydrogen-bond donors (Lipinski definition) is 0. The Labute approximate surface area is 209 Å². The van der Waals surface area contributed by atoms with Gasteiger partial charge in [0.05, 0.1) is 10.5 Å². The smallest absolute Gasteiger partial charge is 0.231 e. The number of ether oxygens (including phenoxy) is 4. The average Bonchev–Trinajstić information content (AvgIpc) is 3.55. The van der Waals surface area contributed by atoms with E-state index in [1.54, 1.807) is 0 Å². The maximum absolute atomic E-state index is 5.72. The van der Waals surface area contributed by atoms with E-state index in [2.05, 4.69) is 86.6 Å². The molecule has 0 bridgehead atoms. The van der Waals surface area contributed by atoms with E-state index in [1.807, 2.05) is 23.9 Å². The Morgan fingerprint density at radius 1 is 0.486 bits per heavy atom. The zero-order valence-electron chi connectivity index (χ0n) is 19.7. The highest BCUT2D eigenvalue weighted by Gasteiger charge is 2.27. The van der Waals surface area contributed by atoms with E-state index in [4.69, 9.17) is 18.9 Å². The Morgan fingerprint density at radius 2 is 0.857 bits per heavy atom. The second-order valence-corrected chi connectivity index (χ2v) is 10.2. The summed E-state index contributed by atoms with van der Waals surface area (Å²) in [5.74, 6) is 3.20. The lowest BCUT2D eigenvalue weighted by molar-refractivity contribution is 0.173. The van der Waals surface area contributed by atoms with Crippen molar-refractivity contribution in [1.29, 1.82) is 0 Å². The van der Waals surface area contributed by atoms with Gasteiger partial charge < -0.3 is 18.9 Å². The summed E-state index contributed by atoms with van der Waals surface area (Å²) in [5.41, 5.74) is 7.35. The molecule has 4 aromatic carbocycles. The molecule has 0 saturated heterocycles. The molecule has 0 spiro atoms. The third-order valence-corrected chi connectivity index (χ3v) is 8.06. The van der Waals surface area contributed by atoms with Gasteiger partial charge in [-0.3, -0.25) is 0 Å². The summed E-state index contributed by atoms with van der Waals surface area (Å²) in [6.45, 7) is 4.77. The van der Waals surface area contributed by atoms with Gasteiger partial charge in [-0.25, -0.2) is 0 Å². The zero-order chi connectivity index (χ0) is 23.8. The van der Waals surface area contributed by atoms with Crippen molar-refractivity contribution in [2.24, 2.45) is 0 Å². The molecule has 176 valence electrons. The van der Waals surface area contributed by atoms with E-state index >= 15 is 0 Å². The highest BCUT2D eigenvalue weighted by Crippen LogP contribution is 2.50. The molecule has 0 fully saturated rings. The number of benzene rings is 4. The summed E-state index contributed by atoms with van der Waals surface area (Å²) in [6, 6.07) is 30.2. The predicted octanol–water partition coefficient (Wildman–Crippen LogP) is 7.37. The van der Waals surface area contributed by atoms with E-state index < -0.39 is 0 Å². The first kappa shape index (κ1) is 21.9. The normalized spacial score (nSPS) is 15.1. The van der Waals surface area contributed by atoms with Gasteiger partial charge in [0.25, 0.3) is 0 Å². The number of thioether (sulfide) groups is 1. The monoisotopic (exact) mass is 482 g/mol. The van der Waals surface area contributed by atoms with Crippen LogP contribution in [-0.2, 0) is 0 Å². The summed E-state index contributed by atoms with van der Waals surface area (Å²) >= 11 is 1.91. The lowest BCUT2D eigenvalue weighted by Gasteiger charge is -2.26. The van der Waals surface area contributed by atoms with Gasteiger partial charge in [0.15, 0.2) is 23.0 Å². The minimum Gasteiger partial charge on any atom is -0.454 e. The second kappa shape index (κ2) is 9.23. The molecular weight excluding hydrogens is 456 g/mol. The number of rotatable bonds is 6. The first-order valence-electron chi connectivity index (χ1n) is 11.7. The van der Waals surface area contributed by atoms with Gasteiger partial charge in [-0.1, -0.05) is 71.8 Å². The number of hydrogen-bond acceptors (Lipinski definition) is 5. The van der Waals surface area contributed by atoms with Crippen molar-refractivity contribution >= 4 is 11.8 Å². The van der Waals surface area contributed by atoms with Gasteiger partial charge in [0, 0.05) is 0 Å². The van der Waals surface area contributed by atoms with E-state index in [-0.39, 0.29) is 24.1 Å². The molecule has 0 N–H and O–H groups in total. The Morgan fingerprint density at radius 3 is 1.29 bits per heavy atom. The van der Waals surface area contributed by atoms with Crippen LogP contribution in [0.4, 0.5) is 0 Å². The highest BCUT2D eigenvalue weighted by atomic mass is 32.2. The molecule has 2 heterocycles. The van der Waals surface area contributed by atoms with Crippen molar-refractivity contribution in [3.8, 4) is 23.0 Å². The number of fused-ring (bicyclic) bond motifs is 2. The van der Waals surface area contributed by atoms with Crippen LogP contribution in [0.2, 0.25) is 0 Å². The van der Waals surface area contributed by atoms with E-state index in [0.717, 1.165) is 23.0 Å². The van der Waals surface area contributed by atoms with E-state index in [1.165, 1.54) is 33.4 Å². The quantitative estimate of drug-likeness (QED) is 0.287. The minimum absolute atomic E-state index is 0.0850. The summed E-state index contributed by atoms with van der Waals surface area (Å²) in [6.07, 6.45) is 0. The Balaban J connectivity index is 1.45. The van der Waals surface area contributed by atoms with Gasteiger partial charge in [0.1, 0.15) is 0 Å². The van der Waals surface area contributed by atoms with Crippen molar-refractivity contribution < 1.29 is 18.9 Å². The van der Waals surface area contributed by atoms with Crippen LogP contribution < -0.4 is 18.9 Å². The second-order valence-electron chi connectivity index (χ2n) is 8.94. The van der Waals surface area contributed by atoms with Crippen molar-refractivity contribution in [1.82, 2.24) is 0 Å². The summed E-state index contributed by atoms with van der Waals surface area (Å²) < 4.78 is 22.6. The van der Waals surface area contributed by atoms with Crippen LogP contribution in [0.15, 0.2) is 84.9 Å². The van der Waals surface area contributed by atoms with Crippen LogP contribution in [0.25, 0.3) is 0 Å². The van der Waals surface area contributed by atoms with Crippen LogP contribution in [0.5, 0.6) is 23.0 Å². The molecule has 0 saturated carbocycles. The molecule has 4 aromatic rings. The average molecular weight is 483 g/mol. The Bertz CT molecular complexity index is 1240. The molecule has 5 heteroatoms. The fourth-order valence-corrected chi connectivity index (χ4v) is 5.98. The molecule has 2 aliphatic heterocycles. The van der Waals surface area contributed by atoms with Gasteiger partial charge in [0.2, 0.25) is 13.6 Å². The maximum atomic E-state index is 5.72. The van der Waals surface area contributed by atoms with Crippen LogP contribution in [0, 0.1) is 13.8 Å². The number of aryl methyl sites for hydroxylation is 2. The third-order valence-electron chi connectivity index (χ3n) is 6.43. The first-order chi connectivity index (χ1) is 17.1. The SMILES string of the molecule is Cc1ccc(C(SC(c2ccc(C)cc2)c2ccc3c(c2)OCO3)c2ccc3c(c2)OCO3)cc1. The van der Waals surface area contributed by atoms with Crippen molar-refractivity contribution in [2.75, 3.05) is 13.6 Å². The molecule has 6 rings (SSSR count). The Hall–Kier alpha value is -3.57. The van der Waals surface area contributed by atoms with E-state index in [0.29, 0.717) is 0 Å². The van der Waals surface area contributed by atoms with Gasteiger partial charge in [-0.2, -0.15) is 0 Å². The molecule has 0 aliphatic carbocycles. The predicted molar refractivity (Wildman–Crippen MR) is 139 cm³/mol. The molecule has 4 nitrogen and oxygen atoms in total. The molecule has 0 radical (unpaired) electrons. The van der Waals surface area contributed by atoms with Crippen LogP contribution >= 0.6 is 11.8 Å². The summed E-state index contributed by atoms with van der Waals surface area (Å²) in [7, 11) is 0. The summed E-state index contributed by atoms with van der Waals surface area (Å²) in [5, 5.41) is 0.170. The van der Waals surface area contributed by atoms with Crippen LogP contribution in [0.3, 0.4) is 0 Å². The molecule has 2 unspecified atom stereocenters. The third kappa shape index (κ3) is 4.44. The topological polar surface area (TPSA) is 36.9 Å². The molecule has 2 atom stereocenters. The van der Waals surface area contributed by atoms with Gasteiger partial charge in [-0.15, -0.1) is 11.8 Å². The molecule has 35 heavy (non-hydrogen) atoms. The standard InChI is InChI=1S/C30H26O4S/c1-19-3-7-21(8-4-19)29(23-11-13-25-27(15-23)33-17-31-25)35-30(22-9-5-20(2)6-10-22)24-12-14-26-28(16-24)34-18-32-26/h3-16,29-30H,17-18H2,1-2H3. The molecule has 0 amide bonds. The van der Waals surface area contributed by atoms with Gasteiger partial charge in [-0.05, 0) is 60.4 Å². The van der Waals surface area contributed by atoms with Crippen LogP contribution in [0.1, 0.15) is 43.9 Å². The largest absolute Gasteiger partial charge is 0.454 e. The molecular formula is C30H26O4S. The first-order valence-corrected chi connectivity index (χ1v) is 12.7. The minimum atomic E-state index is 0.0850. The zero-order valence-corrected chi connectivity index (χ0v) is 20.5. The van der Waals surface area contributed by atoms with Crippen molar-refractivity contribution in [2.45, 2.75) is 24.3 Å². The van der Waals surface area contributed by atoms with E-state index in [9.17, 15) is 0 Å². The van der Waals surface area contributed by atoms with Crippen molar-refractivity contribution in [3.05, 3.63) is 118 Å². The highest BCUT2D eigenvalue weighted by molar-refractivity contribution is 8.00. The maximum Gasteiger partial charge on any atom is 0.231 e. The van der Waals surface area contributed by atoms with Gasteiger partial charge >= 0.3 is 0 Å². The molecule has 2 aliphatic rings. The lowest BCUT2D eigenvalue weighted by Crippen LogP contribution is -2.04. The fourth-order valence-electron chi connectivity index (χ4n) is 4.47. The van der Waals surface area contributed by atoms with Crippen LogP contribution in [-0.4, -0.2) is 13.6 Å². The molecule has 0 aromatic heterocycles. The fraction of sp³-hybridized carbons (Fsp3) is 0.200. The Kier molecular flexibility index (Phi) is 5.78.